The molecule has 0 saturated heterocycles. The van der Waals surface area contributed by atoms with Crippen molar-refractivity contribution in [2.45, 2.75) is 6.61 Å². The number of halogens is 2. The van der Waals surface area contributed by atoms with Gasteiger partial charge < -0.3 is 9.84 Å². The van der Waals surface area contributed by atoms with Crippen LogP contribution in [0.1, 0.15) is 5.56 Å². The normalized spacial score (nSPS) is 11.5. The maximum absolute atomic E-state index is 8.82. The second-order valence-electron chi connectivity index (χ2n) is 2.32. The summed E-state index contributed by atoms with van der Waals surface area (Å²) in [4.78, 5) is 0. The van der Waals surface area contributed by atoms with Crippen molar-refractivity contribution in [3.8, 4) is 5.75 Å². The first kappa shape index (κ1) is 10.4. The molecular weight excluding hydrogens is 211 g/mol. The second kappa shape index (κ2) is 5.12. The molecule has 4 heteroatoms. The van der Waals surface area contributed by atoms with Gasteiger partial charge in [0.15, 0.2) is 0 Å². The molecule has 13 heavy (non-hydrogen) atoms. The van der Waals surface area contributed by atoms with Crippen LogP contribution in [0, 0.1) is 0 Å². The molecule has 0 aliphatic heterocycles. The van der Waals surface area contributed by atoms with Crippen LogP contribution in [-0.4, -0.2) is 5.11 Å². The lowest BCUT2D eigenvalue weighted by molar-refractivity contribution is 0.281. The summed E-state index contributed by atoms with van der Waals surface area (Å²) in [6, 6.07) is 6.95. The molecule has 0 spiro atoms. The van der Waals surface area contributed by atoms with Crippen molar-refractivity contribution in [1.82, 2.24) is 0 Å². The molecule has 0 fully saturated rings. The van der Waals surface area contributed by atoms with Gasteiger partial charge in [-0.3, -0.25) is 0 Å². The average Bonchev–Trinajstić information content (AvgIpc) is 2.18. The van der Waals surface area contributed by atoms with E-state index in [0.29, 0.717) is 5.75 Å². The second-order valence-corrected chi connectivity index (χ2v) is 2.91. The van der Waals surface area contributed by atoms with Gasteiger partial charge in [-0.1, -0.05) is 23.7 Å². The van der Waals surface area contributed by atoms with Crippen LogP contribution in [0.25, 0.3) is 0 Å². The fraction of sp³-hybridized carbons (Fsp3) is 0.111. The maximum atomic E-state index is 8.82. The molecule has 0 radical (unpaired) electrons. The molecule has 0 amide bonds. The molecule has 0 aromatic heterocycles. The Morgan fingerprint density at radius 1 is 1.54 bits per heavy atom. The van der Waals surface area contributed by atoms with Gasteiger partial charge in [0.05, 0.1) is 12.1 Å². The average molecular weight is 219 g/mol. The molecule has 0 unspecified atom stereocenters. The van der Waals surface area contributed by atoms with Crippen LogP contribution in [0.4, 0.5) is 0 Å². The van der Waals surface area contributed by atoms with E-state index in [1.807, 2.05) is 0 Å². The third-order valence-electron chi connectivity index (χ3n) is 1.38. The van der Waals surface area contributed by atoms with Gasteiger partial charge in [0.2, 0.25) is 5.22 Å². The molecule has 1 aromatic rings. The van der Waals surface area contributed by atoms with E-state index in [4.69, 9.17) is 33.0 Å². The van der Waals surface area contributed by atoms with Gasteiger partial charge in [0.25, 0.3) is 0 Å². The highest BCUT2D eigenvalue weighted by atomic mass is 35.5. The smallest absolute Gasteiger partial charge is 0.205 e. The van der Waals surface area contributed by atoms with Gasteiger partial charge in [0.1, 0.15) is 5.75 Å². The molecule has 70 valence electrons. The van der Waals surface area contributed by atoms with E-state index in [-0.39, 0.29) is 11.8 Å². The first-order chi connectivity index (χ1) is 6.26. The summed E-state index contributed by atoms with van der Waals surface area (Å²) < 4.78 is 5.09. The van der Waals surface area contributed by atoms with Crippen molar-refractivity contribution >= 4 is 23.2 Å². The summed E-state index contributed by atoms with van der Waals surface area (Å²) in [7, 11) is 0. The SMILES string of the molecule is OCc1cccc(OC(Cl)=CCl)c1. The van der Waals surface area contributed by atoms with Gasteiger partial charge in [-0.25, -0.2) is 0 Å². The lowest BCUT2D eigenvalue weighted by Gasteiger charge is -2.03. The predicted octanol–water partition coefficient (Wildman–Crippen LogP) is 2.83. The van der Waals surface area contributed by atoms with Crippen LogP contribution in [0.15, 0.2) is 35.0 Å². The quantitative estimate of drug-likeness (QED) is 0.792. The number of ether oxygens (including phenoxy) is 1. The predicted molar refractivity (Wildman–Crippen MR) is 52.8 cm³/mol. The molecule has 1 aromatic carbocycles. The van der Waals surface area contributed by atoms with Crippen molar-refractivity contribution in [2.75, 3.05) is 0 Å². The molecule has 0 saturated carbocycles. The molecule has 0 aliphatic carbocycles. The number of hydrogen-bond donors (Lipinski definition) is 1. The highest BCUT2D eigenvalue weighted by Gasteiger charge is 1.97. The van der Waals surface area contributed by atoms with E-state index in [9.17, 15) is 0 Å². The lowest BCUT2D eigenvalue weighted by atomic mass is 10.2. The first-order valence-corrected chi connectivity index (χ1v) is 4.41. The maximum Gasteiger partial charge on any atom is 0.205 e. The van der Waals surface area contributed by atoms with Crippen molar-refractivity contribution in [3.05, 3.63) is 40.6 Å². The van der Waals surface area contributed by atoms with E-state index in [0.717, 1.165) is 11.1 Å². The van der Waals surface area contributed by atoms with E-state index in [1.54, 1.807) is 24.3 Å². The molecule has 0 bridgehead atoms. The first-order valence-electron chi connectivity index (χ1n) is 3.60. The minimum absolute atomic E-state index is 0.0284. The molecule has 1 rings (SSSR count). The Morgan fingerprint density at radius 2 is 2.31 bits per heavy atom. The number of rotatable bonds is 3. The summed E-state index contributed by atoms with van der Waals surface area (Å²) in [6.45, 7) is -0.0284. The van der Waals surface area contributed by atoms with Gasteiger partial charge in [0, 0.05) is 0 Å². The summed E-state index contributed by atoms with van der Waals surface area (Å²) in [5, 5.41) is 8.92. The summed E-state index contributed by atoms with van der Waals surface area (Å²) in [6.07, 6.45) is 0. The van der Waals surface area contributed by atoms with Crippen molar-refractivity contribution in [2.24, 2.45) is 0 Å². The van der Waals surface area contributed by atoms with Crippen LogP contribution in [-0.2, 0) is 6.61 Å². The Balaban J connectivity index is 2.77. The number of hydrogen-bond acceptors (Lipinski definition) is 2. The highest BCUT2D eigenvalue weighted by Crippen LogP contribution is 2.18. The largest absolute Gasteiger partial charge is 0.444 e. The van der Waals surface area contributed by atoms with E-state index < -0.39 is 0 Å². The Hall–Kier alpha value is -0.700. The summed E-state index contributed by atoms with van der Waals surface area (Å²) in [5.41, 5.74) is 1.89. The molecular formula is C9H8Cl2O2. The minimum atomic E-state index is -0.0284. The fourth-order valence-corrected chi connectivity index (χ4v) is 0.976. The molecule has 1 N–H and O–H groups in total. The van der Waals surface area contributed by atoms with E-state index >= 15 is 0 Å². The van der Waals surface area contributed by atoms with Crippen LogP contribution in [0.3, 0.4) is 0 Å². The standard InChI is InChI=1S/C9H8Cl2O2/c10-5-9(11)13-8-3-1-2-7(4-8)6-12/h1-5,12H,6H2. The topological polar surface area (TPSA) is 29.5 Å². The fourth-order valence-electron chi connectivity index (χ4n) is 0.842. The molecule has 0 heterocycles. The third-order valence-corrected chi connectivity index (χ3v) is 1.88. The summed E-state index contributed by atoms with van der Waals surface area (Å²) in [5.74, 6) is 0.549. The highest BCUT2D eigenvalue weighted by molar-refractivity contribution is 6.35. The van der Waals surface area contributed by atoms with Gasteiger partial charge >= 0.3 is 0 Å². The van der Waals surface area contributed by atoms with E-state index in [1.165, 1.54) is 0 Å². The van der Waals surface area contributed by atoms with Gasteiger partial charge in [-0.15, -0.1) is 0 Å². The Morgan fingerprint density at radius 3 is 2.92 bits per heavy atom. The van der Waals surface area contributed by atoms with Crippen LogP contribution in [0.2, 0.25) is 0 Å². The minimum Gasteiger partial charge on any atom is -0.444 e. The van der Waals surface area contributed by atoms with Crippen molar-refractivity contribution in [3.63, 3.8) is 0 Å². The van der Waals surface area contributed by atoms with Crippen LogP contribution < -0.4 is 4.74 Å². The number of benzene rings is 1. The summed E-state index contributed by atoms with van der Waals surface area (Å²) >= 11 is 10.8. The Bertz CT molecular complexity index is 310. The van der Waals surface area contributed by atoms with Crippen LogP contribution in [0.5, 0.6) is 5.75 Å². The number of aliphatic hydroxyl groups is 1. The molecule has 0 aliphatic rings. The number of aliphatic hydroxyl groups excluding tert-OH is 1. The van der Waals surface area contributed by atoms with Gasteiger partial charge in [-0.2, -0.15) is 0 Å². The zero-order valence-electron chi connectivity index (χ0n) is 6.71. The molecule has 0 atom stereocenters. The Kier molecular flexibility index (Phi) is 4.09. The van der Waals surface area contributed by atoms with Crippen LogP contribution >= 0.6 is 23.2 Å². The van der Waals surface area contributed by atoms with E-state index in [2.05, 4.69) is 0 Å². The van der Waals surface area contributed by atoms with Gasteiger partial charge in [-0.05, 0) is 29.3 Å². The monoisotopic (exact) mass is 218 g/mol. The molecule has 2 nitrogen and oxygen atoms in total. The zero-order chi connectivity index (χ0) is 9.68. The van der Waals surface area contributed by atoms with Crippen molar-refractivity contribution in [1.29, 1.82) is 0 Å². The lowest BCUT2D eigenvalue weighted by Crippen LogP contribution is -1.89. The third kappa shape index (κ3) is 3.27. The van der Waals surface area contributed by atoms with Crippen molar-refractivity contribution < 1.29 is 9.84 Å². The Labute approximate surface area is 86.4 Å². The zero-order valence-corrected chi connectivity index (χ0v) is 8.22.